The van der Waals surface area contributed by atoms with Crippen molar-refractivity contribution in [3.8, 4) is 11.5 Å². The molecule has 3 aromatic heterocycles. The fourth-order valence-corrected chi connectivity index (χ4v) is 5.05. The SMILES string of the molecule is COc1cccc2sc(NC(=O)c3cccc(C(=O)Nc4nc5c(OC)cccc5s4)n3)nc12. The summed E-state index contributed by atoms with van der Waals surface area (Å²) in [5.41, 5.74) is 1.51. The van der Waals surface area contributed by atoms with Gasteiger partial charge >= 0.3 is 0 Å². The van der Waals surface area contributed by atoms with Crippen LogP contribution < -0.4 is 20.1 Å². The maximum Gasteiger partial charge on any atom is 0.276 e. The van der Waals surface area contributed by atoms with Crippen LogP contribution in [0.5, 0.6) is 11.5 Å². The highest BCUT2D eigenvalue weighted by Gasteiger charge is 2.17. The molecule has 5 rings (SSSR count). The lowest BCUT2D eigenvalue weighted by molar-refractivity contribution is 0.101. The first-order valence-corrected chi connectivity index (χ1v) is 11.7. The van der Waals surface area contributed by atoms with Crippen LogP contribution in [-0.2, 0) is 0 Å². The number of ether oxygens (including phenoxy) is 2. The summed E-state index contributed by atoms with van der Waals surface area (Å²) in [6.07, 6.45) is 0. The van der Waals surface area contributed by atoms with E-state index in [0.29, 0.717) is 32.8 Å². The lowest BCUT2D eigenvalue weighted by Crippen LogP contribution is -2.18. The predicted octanol–water partition coefficient (Wildman–Crippen LogP) is 4.82. The molecule has 2 amide bonds. The molecule has 0 unspecified atom stereocenters. The minimum Gasteiger partial charge on any atom is -0.494 e. The fourth-order valence-electron chi connectivity index (χ4n) is 3.29. The normalized spacial score (nSPS) is 10.9. The molecule has 2 N–H and O–H groups in total. The number of rotatable bonds is 6. The Balaban J connectivity index is 1.34. The zero-order valence-electron chi connectivity index (χ0n) is 18.0. The summed E-state index contributed by atoms with van der Waals surface area (Å²) in [5, 5.41) is 6.29. The molecule has 11 heteroatoms. The Bertz CT molecular complexity index is 1430. The average molecular weight is 492 g/mol. The average Bonchev–Trinajstić information content (AvgIpc) is 3.46. The molecule has 0 saturated carbocycles. The van der Waals surface area contributed by atoms with E-state index in [1.165, 1.54) is 34.8 Å². The highest BCUT2D eigenvalue weighted by molar-refractivity contribution is 7.22. The van der Waals surface area contributed by atoms with Gasteiger partial charge in [-0.1, -0.05) is 40.9 Å². The molecule has 0 aliphatic carbocycles. The molecule has 2 aromatic carbocycles. The van der Waals surface area contributed by atoms with Crippen molar-refractivity contribution in [3.63, 3.8) is 0 Å². The van der Waals surface area contributed by atoms with Gasteiger partial charge in [-0.05, 0) is 36.4 Å². The van der Waals surface area contributed by atoms with Crippen molar-refractivity contribution in [1.29, 1.82) is 0 Å². The zero-order valence-corrected chi connectivity index (χ0v) is 19.6. The van der Waals surface area contributed by atoms with Gasteiger partial charge in [-0.3, -0.25) is 20.2 Å². The van der Waals surface area contributed by atoms with Crippen LogP contribution in [0.3, 0.4) is 0 Å². The molecule has 3 heterocycles. The number of benzene rings is 2. The Morgan fingerprint density at radius 2 is 1.12 bits per heavy atom. The maximum absolute atomic E-state index is 12.8. The molecule has 5 aromatic rings. The number of nitrogens with one attached hydrogen (secondary N) is 2. The third-order valence-corrected chi connectivity index (χ3v) is 6.73. The molecule has 34 heavy (non-hydrogen) atoms. The van der Waals surface area contributed by atoms with Crippen molar-refractivity contribution in [1.82, 2.24) is 15.0 Å². The van der Waals surface area contributed by atoms with Gasteiger partial charge in [-0.2, -0.15) is 0 Å². The number of hydrogen-bond donors (Lipinski definition) is 2. The Morgan fingerprint density at radius 3 is 1.56 bits per heavy atom. The van der Waals surface area contributed by atoms with Crippen molar-refractivity contribution in [2.24, 2.45) is 0 Å². The number of methoxy groups -OCH3 is 2. The minimum absolute atomic E-state index is 0.0878. The van der Waals surface area contributed by atoms with Gasteiger partial charge in [-0.15, -0.1) is 0 Å². The van der Waals surface area contributed by atoms with Crippen LogP contribution in [-0.4, -0.2) is 41.0 Å². The number of aromatic nitrogens is 3. The third-order valence-electron chi connectivity index (χ3n) is 4.86. The molecule has 0 saturated heterocycles. The number of fused-ring (bicyclic) bond motifs is 2. The van der Waals surface area contributed by atoms with E-state index in [2.05, 4.69) is 25.6 Å². The van der Waals surface area contributed by atoms with Crippen molar-refractivity contribution < 1.29 is 19.1 Å². The summed E-state index contributed by atoms with van der Waals surface area (Å²) >= 11 is 2.64. The second kappa shape index (κ2) is 9.04. The molecule has 0 spiro atoms. The van der Waals surface area contributed by atoms with Gasteiger partial charge in [0.2, 0.25) is 0 Å². The van der Waals surface area contributed by atoms with Gasteiger partial charge in [0.05, 0.1) is 23.6 Å². The number of pyridine rings is 1. The van der Waals surface area contributed by atoms with Gasteiger partial charge in [-0.25, -0.2) is 15.0 Å². The lowest BCUT2D eigenvalue weighted by Gasteiger charge is -2.04. The van der Waals surface area contributed by atoms with Crippen LogP contribution in [0.15, 0.2) is 54.6 Å². The number of hydrogen-bond acceptors (Lipinski definition) is 9. The standard InChI is InChI=1S/C23H17N5O4S2/c1-31-14-8-4-10-16-18(14)25-22(33-16)27-20(29)12-6-3-7-13(24-12)21(30)28-23-26-19-15(32-2)9-5-11-17(19)34-23/h3-11H,1-2H3,(H,25,27,29)(H,26,28,30). The molecule has 0 aliphatic heterocycles. The third kappa shape index (κ3) is 4.14. The number of amides is 2. The van der Waals surface area contributed by atoms with Gasteiger partial charge < -0.3 is 9.47 Å². The van der Waals surface area contributed by atoms with Crippen molar-refractivity contribution in [2.45, 2.75) is 0 Å². The van der Waals surface area contributed by atoms with E-state index in [-0.39, 0.29) is 11.4 Å². The lowest BCUT2D eigenvalue weighted by atomic mass is 10.3. The zero-order chi connectivity index (χ0) is 23.7. The number of carbonyl (C=O) groups excluding carboxylic acids is 2. The molecule has 0 bridgehead atoms. The van der Waals surface area contributed by atoms with Crippen LogP contribution in [0.25, 0.3) is 20.4 Å². The Hall–Kier alpha value is -4.09. The highest BCUT2D eigenvalue weighted by Crippen LogP contribution is 2.33. The second-order valence-electron chi connectivity index (χ2n) is 6.97. The molecule has 0 radical (unpaired) electrons. The Kier molecular flexibility index (Phi) is 5.78. The molecular weight excluding hydrogens is 474 g/mol. The van der Waals surface area contributed by atoms with E-state index < -0.39 is 11.8 Å². The van der Waals surface area contributed by atoms with E-state index >= 15 is 0 Å². The largest absolute Gasteiger partial charge is 0.494 e. The summed E-state index contributed by atoms with van der Waals surface area (Å²) in [4.78, 5) is 38.6. The van der Waals surface area contributed by atoms with E-state index in [1.54, 1.807) is 32.4 Å². The van der Waals surface area contributed by atoms with Gasteiger partial charge in [0, 0.05) is 0 Å². The van der Waals surface area contributed by atoms with E-state index in [4.69, 9.17) is 9.47 Å². The molecular formula is C23H17N5O4S2. The molecule has 9 nitrogen and oxygen atoms in total. The summed E-state index contributed by atoms with van der Waals surface area (Å²) in [6, 6.07) is 15.8. The highest BCUT2D eigenvalue weighted by atomic mass is 32.1. The van der Waals surface area contributed by atoms with E-state index in [1.807, 2.05) is 24.3 Å². The topological polar surface area (TPSA) is 115 Å². The summed E-state index contributed by atoms with van der Waals surface area (Å²) in [6.45, 7) is 0. The van der Waals surface area contributed by atoms with Crippen LogP contribution in [0.1, 0.15) is 21.0 Å². The van der Waals surface area contributed by atoms with E-state index in [9.17, 15) is 9.59 Å². The van der Waals surface area contributed by atoms with Crippen molar-refractivity contribution in [3.05, 3.63) is 66.0 Å². The summed E-state index contributed by atoms with van der Waals surface area (Å²) in [7, 11) is 3.13. The van der Waals surface area contributed by atoms with Gasteiger partial charge in [0.1, 0.15) is 33.9 Å². The number of anilines is 2. The van der Waals surface area contributed by atoms with Gasteiger partial charge in [0.15, 0.2) is 10.3 Å². The first-order chi connectivity index (χ1) is 16.6. The fraction of sp³-hybridized carbons (Fsp3) is 0.0870. The minimum atomic E-state index is -0.475. The number of carbonyl (C=O) groups is 2. The monoisotopic (exact) mass is 491 g/mol. The molecule has 0 fully saturated rings. The maximum atomic E-state index is 12.8. The predicted molar refractivity (Wildman–Crippen MR) is 132 cm³/mol. The molecule has 0 aliphatic rings. The smallest absolute Gasteiger partial charge is 0.276 e. The summed E-state index contributed by atoms with van der Waals surface area (Å²) < 4.78 is 12.4. The van der Waals surface area contributed by atoms with Crippen molar-refractivity contribution >= 4 is 65.2 Å². The van der Waals surface area contributed by atoms with E-state index in [0.717, 1.165) is 9.40 Å². The van der Waals surface area contributed by atoms with Crippen LogP contribution >= 0.6 is 22.7 Å². The number of thiazole rings is 2. The second-order valence-corrected chi connectivity index (χ2v) is 9.03. The van der Waals surface area contributed by atoms with Crippen LogP contribution in [0.4, 0.5) is 10.3 Å². The quantitative estimate of drug-likeness (QED) is 0.350. The first-order valence-electron chi connectivity index (χ1n) is 10.0. The molecule has 0 atom stereocenters. The Labute approximate surface area is 201 Å². The summed E-state index contributed by atoms with van der Waals surface area (Å²) in [5.74, 6) is 0.298. The number of para-hydroxylation sites is 2. The van der Waals surface area contributed by atoms with Crippen molar-refractivity contribution in [2.75, 3.05) is 24.9 Å². The van der Waals surface area contributed by atoms with Crippen LogP contribution in [0.2, 0.25) is 0 Å². The number of nitrogens with zero attached hydrogens (tertiary/aromatic N) is 3. The van der Waals surface area contributed by atoms with Crippen LogP contribution in [0, 0.1) is 0 Å². The molecule has 170 valence electrons. The Morgan fingerprint density at radius 1 is 0.676 bits per heavy atom. The first kappa shape index (κ1) is 21.7. The van der Waals surface area contributed by atoms with Gasteiger partial charge in [0.25, 0.3) is 11.8 Å².